The van der Waals surface area contributed by atoms with Crippen LogP contribution in [-0.4, -0.2) is 97.1 Å². The molecule has 8 heteroatoms. The van der Waals surface area contributed by atoms with E-state index in [0.29, 0.717) is 50.7 Å². The lowest BCUT2D eigenvalue weighted by atomic mass is 10.1. The zero-order chi connectivity index (χ0) is 24.2. The predicted molar refractivity (Wildman–Crippen MR) is 134 cm³/mol. The van der Waals surface area contributed by atoms with Crippen LogP contribution in [0.15, 0.2) is 54.7 Å². The van der Waals surface area contributed by atoms with Gasteiger partial charge in [0.1, 0.15) is 11.8 Å². The maximum Gasteiger partial charge on any atom is 0.254 e. The molecule has 1 unspecified atom stereocenters. The molecule has 5 rings (SSSR count). The van der Waals surface area contributed by atoms with Gasteiger partial charge >= 0.3 is 0 Å². The van der Waals surface area contributed by atoms with Crippen molar-refractivity contribution in [2.45, 2.75) is 12.5 Å². The van der Waals surface area contributed by atoms with E-state index >= 15 is 0 Å². The number of nitrogens with one attached hydrogen (secondary N) is 1. The summed E-state index contributed by atoms with van der Waals surface area (Å²) in [4.78, 5) is 36.3. The number of hydrogen-bond acceptors (Lipinski definition) is 5. The molecule has 184 valence electrons. The zero-order valence-electron chi connectivity index (χ0n) is 20.1. The molecule has 0 spiro atoms. The minimum Gasteiger partial charge on any atom is -0.497 e. The van der Waals surface area contributed by atoms with Crippen LogP contribution in [0.2, 0.25) is 0 Å². The first kappa shape index (κ1) is 23.4. The molecule has 0 radical (unpaired) electrons. The third kappa shape index (κ3) is 5.04. The summed E-state index contributed by atoms with van der Waals surface area (Å²) >= 11 is 0. The summed E-state index contributed by atoms with van der Waals surface area (Å²) in [5.41, 5.74) is 2.94. The number of nitrogens with zero attached hydrogens (tertiary/aromatic N) is 3. The Morgan fingerprint density at radius 3 is 2.71 bits per heavy atom. The second-order valence-corrected chi connectivity index (χ2v) is 9.09. The standard InChI is InChI=1S/C27H32N4O4/c1-34-22-6-4-5-20(17-22)26(32)31-12-11-29(19-25(31)27(33)30-13-15-35-16-14-30)10-9-21-18-28-24-8-3-2-7-23(21)24/h2-8,17-18,25,28H,9-16,19H2,1H3. The van der Waals surface area contributed by atoms with Crippen molar-refractivity contribution in [3.8, 4) is 5.75 Å². The molecular weight excluding hydrogens is 444 g/mol. The SMILES string of the molecule is COc1cccc(C(=O)N2CCN(CCc3c[nH]c4ccccc34)CC2C(=O)N2CCOCC2)c1. The number of H-pyrrole nitrogens is 1. The first-order valence-corrected chi connectivity index (χ1v) is 12.2. The lowest BCUT2D eigenvalue weighted by molar-refractivity contribution is -0.142. The third-order valence-corrected chi connectivity index (χ3v) is 7.02. The molecule has 1 aromatic heterocycles. The van der Waals surface area contributed by atoms with Crippen molar-refractivity contribution >= 4 is 22.7 Å². The van der Waals surface area contributed by atoms with E-state index in [1.165, 1.54) is 10.9 Å². The second-order valence-electron chi connectivity index (χ2n) is 9.09. The number of ether oxygens (including phenoxy) is 2. The third-order valence-electron chi connectivity index (χ3n) is 7.02. The average Bonchev–Trinajstić information content (AvgIpc) is 3.34. The zero-order valence-corrected chi connectivity index (χ0v) is 20.1. The lowest BCUT2D eigenvalue weighted by Crippen LogP contribution is -2.62. The Morgan fingerprint density at radius 2 is 1.89 bits per heavy atom. The molecule has 1 N–H and O–H groups in total. The summed E-state index contributed by atoms with van der Waals surface area (Å²) in [6.07, 6.45) is 2.95. The van der Waals surface area contributed by atoms with Crippen LogP contribution in [-0.2, 0) is 16.0 Å². The van der Waals surface area contributed by atoms with Crippen molar-refractivity contribution < 1.29 is 19.1 Å². The molecule has 35 heavy (non-hydrogen) atoms. The van der Waals surface area contributed by atoms with Gasteiger partial charge in [0.05, 0.1) is 20.3 Å². The molecule has 2 aromatic carbocycles. The fourth-order valence-electron chi connectivity index (χ4n) is 5.03. The van der Waals surface area contributed by atoms with Gasteiger partial charge in [-0.3, -0.25) is 14.5 Å². The summed E-state index contributed by atoms with van der Waals surface area (Å²) in [5.74, 6) is 0.498. The van der Waals surface area contributed by atoms with Crippen molar-refractivity contribution in [1.29, 1.82) is 0 Å². The number of benzene rings is 2. The fourth-order valence-corrected chi connectivity index (χ4v) is 5.03. The molecule has 0 aliphatic carbocycles. The van der Waals surface area contributed by atoms with Crippen LogP contribution < -0.4 is 4.74 Å². The number of amides is 2. The molecular formula is C27H32N4O4. The molecule has 1 atom stereocenters. The van der Waals surface area contributed by atoms with E-state index in [4.69, 9.17) is 9.47 Å². The predicted octanol–water partition coefficient (Wildman–Crippen LogP) is 2.40. The van der Waals surface area contributed by atoms with Crippen molar-refractivity contribution in [3.63, 3.8) is 0 Å². The Hall–Kier alpha value is -3.36. The molecule has 3 heterocycles. The quantitative estimate of drug-likeness (QED) is 0.591. The van der Waals surface area contributed by atoms with E-state index < -0.39 is 6.04 Å². The van der Waals surface area contributed by atoms with E-state index in [9.17, 15) is 9.59 Å². The number of rotatable bonds is 6. The average molecular weight is 477 g/mol. The number of fused-ring (bicyclic) bond motifs is 1. The minimum absolute atomic E-state index is 0.00124. The number of aromatic nitrogens is 1. The van der Waals surface area contributed by atoms with Crippen LogP contribution in [0.4, 0.5) is 0 Å². The van der Waals surface area contributed by atoms with Crippen molar-refractivity contribution in [3.05, 3.63) is 65.9 Å². The molecule has 2 amide bonds. The molecule has 2 aliphatic rings. The number of hydrogen-bond donors (Lipinski definition) is 1. The highest BCUT2D eigenvalue weighted by molar-refractivity contribution is 5.98. The van der Waals surface area contributed by atoms with Crippen molar-refractivity contribution in [2.75, 3.05) is 59.6 Å². The summed E-state index contributed by atoms with van der Waals surface area (Å²) in [5, 5.41) is 1.24. The maximum absolute atomic E-state index is 13.6. The first-order chi connectivity index (χ1) is 17.1. The summed E-state index contributed by atoms with van der Waals surface area (Å²) in [7, 11) is 1.58. The number of piperazine rings is 1. The van der Waals surface area contributed by atoms with Gasteiger partial charge in [-0.05, 0) is 36.2 Å². The van der Waals surface area contributed by atoms with Crippen LogP contribution in [0, 0.1) is 0 Å². The van der Waals surface area contributed by atoms with E-state index in [1.807, 2.05) is 23.1 Å². The summed E-state index contributed by atoms with van der Waals surface area (Å²) in [6.45, 7) is 4.77. The molecule has 2 aliphatic heterocycles. The van der Waals surface area contributed by atoms with Gasteiger partial charge < -0.3 is 24.3 Å². The number of methoxy groups -OCH3 is 1. The van der Waals surface area contributed by atoms with Crippen molar-refractivity contribution in [2.24, 2.45) is 0 Å². The normalized spacial score (nSPS) is 19.2. The molecule has 0 bridgehead atoms. The van der Waals surface area contributed by atoms with Crippen LogP contribution in [0.1, 0.15) is 15.9 Å². The smallest absolute Gasteiger partial charge is 0.254 e. The Morgan fingerprint density at radius 1 is 1.06 bits per heavy atom. The number of morpholine rings is 1. The Balaban J connectivity index is 1.33. The largest absolute Gasteiger partial charge is 0.497 e. The molecule has 3 aromatic rings. The summed E-state index contributed by atoms with van der Waals surface area (Å²) < 4.78 is 10.7. The van der Waals surface area contributed by atoms with Gasteiger partial charge in [0, 0.05) is 61.9 Å². The van der Waals surface area contributed by atoms with Crippen LogP contribution in [0.5, 0.6) is 5.75 Å². The first-order valence-electron chi connectivity index (χ1n) is 12.2. The van der Waals surface area contributed by atoms with E-state index in [-0.39, 0.29) is 11.8 Å². The van der Waals surface area contributed by atoms with Gasteiger partial charge in [-0.2, -0.15) is 0 Å². The van der Waals surface area contributed by atoms with Crippen LogP contribution in [0.25, 0.3) is 10.9 Å². The van der Waals surface area contributed by atoms with E-state index in [0.717, 1.165) is 25.0 Å². The summed E-state index contributed by atoms with van der Waals surface area (Å²) in [6, 6.07) is 14.9. The van der Waals surface area contributed by atoms with Gasteiger partial charge in [-0.15, -0.1) is 0 Å². The highest BCUT2D eigenvalue weighted by Crippen LogP contribution is 2.22. The van der Waals surface area contributed by atoms with Crippen LogP contribution in [0.3, 0.4) is 0 Å². The number of carbonyl (C=O) groups excluding carboxylic acids is 2. The Kier molecular flexibility index (Phi) is 7.01. The Labute approximate surface area is 205 Å². The fraction of sp³-hybridized carbons (Fsp3) is 0.407. The monoisotopic (exact) mass is 476 g/mol. The van der Waals surface area contributed by atoms with Gasteiger partial charge in [0.25, 0.3) is 5.91 Å². The van der Waals surface area contributed by atoms with E-state index in [1.54, 1.807) is 24.1 Å². The van der Waals surface area contributed by atoms with Gasteiger partial charge in [-0.1, -0.05) is 24.3 Å². The topological polar surface area (TPSA) is 78.1 Å². The number of para-hydroxylation sites is 1. The van der Waals surface area contributed by atoms with Gasteiger partial charge in [-0.25, -0.2) is 0 Å². The molecule has 2 fully saturated rings. The highest BCUT2D eigenvalue weighted by Gasteiger charge is 2.38. The van der Waals surface area contributed by atoms with E-state index in [2.05, 4.69) is 34.3 Å². The number of aromatic amines is 1. The molecule has 0 saturated carbocycles. The second kappa shape index (κ2) is 10.5. The van der Waals surface area contributed by atoms with Gasteiger partial charge in [0.15, 0.2) is 0 Å². The Bertz CT molecular complexity index is 1190. The number of carbonyl (C=O) groups is 2. The lowest BCUT2D eigenvalue weighted by Gasteiger charge is -2.43. The van der Waals surface area contributed by atoms with Crippen LogP contribution >= 0.6 is 0 Å². The minimum atomic E-state index is -0.525. The molecule has 8 nitrogen and oxygen atoms in total. The van der Waals surface area contributed by atoms with Crippen molar-refractivity contribution in [1.82, 2.24) is 19.7 Å². The highest BCUT2D eigenvalue weighted by atomic mass is 16.5. The van der Waals surface area contributed by atoms with Gasteiger partial charge in [0.2, 0.25) is 5.91 Å². The molecule has 2 saturated heterocycles. The maximum atomic E-state index is 13.6.